The summed E-state index contributed by atoms with van der Waals surface area (Å²) in [7, 11) is 0. The molecule has 0 saturated carbocycles. The zero-order valence-corrected chi connectivity index (χ0v) is 15.6. The molecular formula is C22H19N3O3. The maximum absolute atomic E-state index is 12.9. The molecule has 6 nitrogen and oxygen atoms in total. The predicted molar refractivity (Wildman–Crippen MR) is 106 cm³/mol. The van der Waals surface area contributed by atoms with Crippen molar-refractivity contribution in [3.8, 4) is 5.75 Å². The summed E-state index contributed by atoms with van der Waals surface area (Å²) in [6, 6.07) is 15.1. The number of hydrogen-bond acceptors (Lipinski definition) is 5. The number of benzene rings is 2. The van der Waals surface area contributed by atoms with E-state index in [2.05, 4.69) is 15.5 Å². The van der Waals surface area contributed by atoms with Gasteiger partial charge >= 0.3 is 0 Å². The lowest BCUT2D eigenvalue weighted by Crippen LogP contribution is -2.14. The van der Waals surface area contributed by atoms with Crippen LogP contribution in [0.4, 0.5) is 5.69 Å². The van der Waals surface area contributed by atoms with E-state index in [0.717, 1.165) is 22.0 Å². The number of aryl methyl sites for hydroxylation is 2. The average Bonchev–Trinajstić information content (AvgIpc) is 3.04. The van der Waals surface area contributed by atoms with Gasteiger partial charge in [0.1, 0.15) is 18.1 Å². The first-order valence-electron chi connectivity index (χ1n) is 8.90. The average molecular weight is 373 g/mol. The van der Waals surface area contributed by atoms with E-state index in [1.807, 2.05) is 50.2 Å². The molecule has 0 aliphatic heterocycles. The van der Waals surface area contributed by atoms with Crippen molar-refractivity contribution in [2.75, 3.05) is 5.32 Å². The van der Waals surface area contributed by atoms with Gasteiger partial charge in [-0.15, -0.1) is 0 Å². The summed E-state index contributed by atoms with van der Waals surface area (Å²) in [5.41, 5.74) is 2.73. The fraction of sp³-hybridized carbons (Fsp3) is 0.136. The van der Waals surface area contributed by atoms with Gasteiger partial charge in [0.05, 0.1) is 28.7 Å². The van der Waals surface area contributed by atoms with Gasteiger partial charge in [-0.1, -0.05) is 29.4 Å². The van der Waals surface area contributed by atoms with Crippen LogP contribution in [0.15, 0.2) is 65.4 Å². The number of carbonyl (C=O) groups excluding carboxylic acids is 1. The fourth-order valence-corrected chi connectivity index (χ4v) is 3.01. The van der Waals surface area contributed by atoms with E-state index in [1.54, 1.807) is 24.5 Å². The van der Waals surface area contributed by atoms with Crippen molar-refractivity contribution in [2.24, 2.45) is 0 Å². The molecule has 1 amide bonds. The van der Waals surface area contributed by atoms with Crippen molar-refractivity contribution in [3.05, 3.63) is 83.5 Å². The van der Waals surface area contributed by atoms with E-state index in [-0.39, 0.29) is 12.5 Å². The monoisotopic (exact) mass is 373 g/mol. The number of pyridine rings is 1. The summed E-state index contributed by atoms with van der Waals surface area (Å²) in [5.74, 6) is 0.951. The Morgan fingerprint density at radius 1 is 1.11 bits per heavy atom. The maximum Gasteiger partial charge on any atom is 0.259 e. The van der Waals surface area contributed by atoms with E-state index in [0.29, 0.717) is 22.8 Å². The lowest BCUT2D eigenvalue weighted by molar-refractivity contribution is 0.102. The first-order valence-corrected chi connectivity index (χ1v) is 8.90. The number of rotatable bonds is 5. The molecule has 2 aromatic heterocycles. The second kappa shape index (κ2) is 7.52. The Bertz CT molecular complexity index is 1120. The number of nitrogens with one attached hydrogen (secondary N) is 1. The van der Waals surface area contributed by atoms with Gasteiger partial charge < -0.3 is 14.6 Å². The molecule has 2 aromatic carbocycles. The van der Waals surface area contributed by atoms with Gasteiger partial charge in [-0.3, -0.25) is 9.78 Å². The number of hydrogen-bond donors (Lipinski definition) is 1. The normalized spacial score (nSPS) is 10.8. The van der Waals surface area contributed by atoms with Crippen LogP contribution in [0.25, 0.3) is 10.8 Å². The van der Waals surface area contributed by atoms with Gasteiger partial charge in [0.2, 0.25) is 0 Å². The van der Waals surface area contributed by atoms with Gasteiger partial charge in [0, 0.05) is 6.20 Å². The lowest BCUT2D eigenvalue weighted by Gasteiger charge is -2.13. The van der Waals surface area contributed by atoms with Gasteiger partial charge in [0.15, 0.2) is 0 Å². The van der Waals surface area contributed by atoms with Gasteiger partial charge in [0.25, 0.3) is 5.91 Å². The second-order valence-electron chi connectivity index (χ2n) is 6.48. The predicted octanol–water partition coefficient (Wildman–Crippen LogP) is 4.67. The molecule has 140 valence electrons. The van der Waals surface area contributed by atoms with Crippen molar-refractivity contribution in [1.29, 1.82) is 0 Å². The van der Waals surface area contributed by atoms with Gasteiger partial charge in [-0.05, 0) is 48.9 Å². The third-order valence-corrected chi connectivity index (χ3v) is 4.57. The summed E-state index contributed by atoms with van der Waals surface area (Å²) < 4.78 is 11.2. The van der Waals surface area contributed by atoms with Gasteiger partial charge in [-0.25, -0.2) is 0 Å². The molecule has 4 aromatic rings. The molecule has 0 spiro atoms. The van der Waals surface area contributed by atoms with Crippen molar-refractivity contribution >= 4 is 22.4 Å². The van der Waals surface area contributed by atoms with Crippen molar-refractivity contribution in [3.63, 3.8) is 0 Å². The SMILES string of the molecule is Cc1noc(C)c1COc1cc2ccccc2cc1C(=O)Nc1cccnc1. The number of ether oxygens (including phenoxy) is 1. The number of aromatic nitrogens is 2. The first-order chi connectivity index (χ1) is 13.6. The zero-order chi connectivity index (χ0) is 19.5. The molecule has 0 radical (unpaired) electrons. The third-order valence-electron chi connectivity index (χ3n) is 4.57. The van der Waals surface area contributed by atoms with Crippen LogP contribution in [0, 0.1) is 13.8 Å². The van der Waals surface area contributed by atoms with E-state index in [9.17, 15) is 4.79 Å². The second-order valence-corrected chi connectivity index (χ2v) is 6.48. The fourth-order valence-electron chi connectivity index (χ4n) is 3.01. The van der Waals surface area contributed by atoms with Crippen LogP contribution in [-0.2, 0) is 6.61 Å². The van der Waals surface area contributed by atoms with Crippen LogP contribution in [0.1, 0.15) is 27.4 Å². The minimum atomic E-state index is -0.257. The highest BCUT2D eigenvalue weighted by atomic mass is 16.5. The molecule has 6 heteroatoms. The van der Waals surface area contributed by atoms with Crippen LogP contribution >= 0.6 is 0 Å². The molecule has 4 rings (SSSR count). The quantitative estimate of drug-likeness (QED) is 0.550. The lowest BCUT2D eigenvalue weighted by atomic mass is 10.0. The van der Waals surface area contributed by atoms with Crippen LogP contribution in [0.2, 0.25) is 0 Å². The molecule has 0 aliphatic rings. The Labute approximate surface area is 162 Å². The van der Waals surface area contributed by atoms with Crippen LogP contribution < -0.4 is 10.1 Å². The summed E-state index contributed by atoms with van der Waals surface area (Å²) >= 11 is 0. The highest BCUT2D eigenvalue weighted by molar-refractivity contribution is 6.08. The Morgan fingerprint density at radius 3 is 2.57 bits per heavy atom. The number of carbonyl (C=O) groups is 1. The van der Waals surface area contributed by atoms with Crippen molar-refractivity contribution in [1.82, 2.24) is 10.1 Å². The molecule has 0 atom stereocenters. The molecule has 0 bridgehead atoms. The molecular weight excluding hydrogens is 354 g/mol. The van der Waals surface area contributed by atoms with Crippen LogP contribution in [0.3, 0.4) is 0 Å². The molecule has 0 saturated heterocycles. The highest BCUT2D eigenvalue weighted by Gasteiger charge is 2.17. The molecule has 0 unspecified atom stereocenters. The maximum atomic E-state index is 12.9. The summed E-state index contributed by atoms with van der Waals surface area (Å²) in [6.45, 7) is 3.98. The summed E-state index contributed by atoms with van der Waals surface area (Å²) in [4.78, 5) is 17.0. The van der Waals surface area contributed by atoms with Crippen molar-refractivity contribution < 1.29 is 14.1 Å². The van der Waals surface area contributed by atoms with E-state index in [4.69, 9.17) is 9.26 Å². The number of fused-ring (bicyclic) bond motifs is 1. The Hall–Kier alpha value is -3.67. The minimum Gasteiger partial charge on any atom is -0.488 e. The van der Waals surface area contributed by atoms with E-state index < -0.39 is 0 Å². The van der Waals surface area contributed by atoms with Crippen LogP contribution in [0.5, 0.6) is 5.75 Å². The Kier molecular flexibility index (Phi) is 4.76. The molecule has 28 heavy (non-hydrogen) atoms. The molecule has 2 heterocycles. The molecule has 0 fully saturated rings. The molecule has 1 N–H and O–H groups in total. The van der Waals surface area contributed by atoms with E-state index in [1.165, 1.54) is 0 Å². The largest absolute Gasteiger partial charge is 0.488 e. The Balaban J connectivity index is 1.69. The van der Waals surface area contributed by atoms with Gasteiger partial charge in [-0.2, -0.15) is 0 Å². The minimum absolute atomic E-state index is 0.257. The summed E-state index contributed by atoms with van der Waals surface area (Å²) in [6.07, 6.45) is 3.26. The van der Waals surface area contributed by atoms with Crippen molar-refractivity contribution in [2.45, 2.75) is 20.5 Å². The third kappa shape index (κ3) is 3.57. The van der Waals surface area contributed by atoms with Crippen LogP contribution in [-0.4, -0.2) is 16.0 Å². The number of nitrogens with zero attached hydrogens (tertiary/aromatic N) is 2. The topological polar surface area (TPSA) is 77.2 Å². The smallest absolute Gasteiger partial charge is 0.259 e. The molecule has 0 aliphatic carbocycles. The zero-order valence-electron chi connectivity index (χ0n) is 15.6. The highest BCUT2D eigenvalue weighted by Crippen LogP contribution is 2.28. The summed E-state index contributed by atoms with van der Waals surface area (Å²) in [5, 5.41) is 8.77. The Morgan fingerprint density at radius 2 is 1.89 bits per heavy atom. The first kappa shape index (κ1) is 17.7. The number of anilines is 1. The number of amides is 1. The standard InChI is InChI=1S/C22H19N3O3/c1-14-20(15(2)28-25-14)13-27-21-11-17-7-4-3-6-16(17)10-19(21)22(26)24-18-8-5-9-23-12-18/h3-12H,13H2,1-2H3,(H,24,26). The van der Waals surface area contributed by atoms with E-state index >= 15 is 0 Å².